The van der Waals surface area contributed by atoms with E-state index in [-0.39, 0.29) is 24.0 Å². The molecule has 0 aliphatic carbocycles. The van der Waals surface area contributed by atoms with Crippen LogP contribution in [0, 0.1) is 0 Å². The van der Waals surface area contributed by atoms with Gasteiger partial charge in [0.1, 0.15) is 5.69 Å². The highest BCUT2D eigenvalue weighted by atomic mass is 16.2. The summed E-state index contributed by atoms with van der Waals surface area (Å²) in [5.74, 6) is -0.0891. The van der Waals surface area contributed by atoms with Gasteiger partial charge in [-0.3, -0.25) is 19.7 Å². The third kappa shape index (κ3) is 4.18. The van der Waals surface area contributed by atoms with Crippen molar-refractivity contribution in [2.45, 2.75) is 50.9 Å². The Labute approximate surface area is 189 Å². The van der Waals surface area contributed by atoms with Crippen LogP contribution < -0.4 is 11.5 Å². The fraction of sp³-hybridized carbons (Fsp3) is 0.400. The molecule has 0 radical (unpaired) electrons. The molecule has 7 heteroatoms. The summed E-state index contributed by atoms with van der Waals surface area (Å²) in [5.41, 5.74) is 15.6. The van der Waals surface area contributed by atoms with Gasteiger partial charge in [0.2, 0.25) is 0 Å². The van der Waals surface area contributed by atoms with Gasteiger partial charge in [0.05, 0.1) is 11.6 Å². The monoisotopic (exact) mass is 432 g/mol. The molecule has 1 aromatic carbocycles. The molecule has 3 atom stereocenters. The molecule has 3 unspecified atom stereocenters. The molecule has 4 rings (SSSR count). The smallest absolute Gasteiger partial charge is 0.273 e. The Bertz CT molecular complexity index is 1110. The number of fused-ring (bicyclic) bond motifs is 1. The van der Waals surface area contributed by atoms with Crippen molar-refractivity contribution in [1.29, 1.82) is 0 Å². The number of nitrogen functional groups attached to an aromatic ring is 1. The number of likely N-dealkylation sites (N-methyl/N-ethyl adjacent to an activating group) is 1. The predicted molar refractivity (Wildman–Crippen MR) is 128 cm³/mol. The van der Waals surface area contributed by atoms with Crippen molar-refractivity contribution < 1.29 is 4.79 Å². The number of hydrogen-bond acceptors (Lipinski definition) is 6. The van der Waals surface area contributed by atoms with Crippen molar-refractivity contribution in [3.05, 3.63) is 66.1 Å². The minimum absolute atomic E-state index is 0.0891. The molecule has 1 amide bonds. The molecule has 7 nitrogen and oxygen atoms in total. The SMILES string of the molecule is CN1CC(N)C(N(C(=O)c2ccccn2)C(C)(C)C)CC1c1ccc2nccc(N)c2c1. The molecule has 1 aliphatic rings. The van der Waals surface area contributed by atoms with E-state index in [0.29, 0.717) is 17.9 Å². The number of aromatic nitrogens is 2. The Morgan fingerprint density at radius 2 is 1.91 bits per heavy atom. The average molecular weight is 433 g/mol. The van der Waals surface area contributed by atoms with E-state index in [1.807, 2.05) is 29.2 Å². The van der Waals surface area contributed by atoms with Crippen LogP contribution in [0.15, 0.2) is 54.9 Å². The maximum absolute atomic E-state index is 13.5. The number of pyridine rings is 2. The highest BCUT2D eigenvalue weighted by molar-refractivity contribution is 5.93. The fourth-order valence-corrected chi connectivity index (χ4v) is 4.81. The largest absolute Gasteiger partial charge is 0.398 e. The van der Waals surface area contributed by atoms with Gasteiger partial charge in [0.15, 0.2) is 0 Å². The molecule has 3 aromatic rings. The van der Waals surface area contributed by atoms with Gasteiger partial charge in [-0.05, 0) is 70.1 Å². The Hall–Kier alpha value is -3.03. The van der Waals surface area contributed by atoms with Gasteiger partial charge >= 0.3 is 0 Å². The number of amides is 1. The van der Waals surface area contributed by atoms with Crippen LogP contribution in [-0.2, 0) is 0 Å². The van der Waals surface area contributed by atoms with Crippen LogP contribution >= 0.6 is 0 Å². The van der Waals surface area contributed by atoms with Crippen LogP contribution in [0.3, 0.4) is 0 Å². The van der Waals surface area contributed by atoms with Crippen molar-refractivity contribution in [3.63, 3.8) is 0 Å². The summed E-state index contributed by atoms with van der Waals surface area (Å²) in [7, 11) is 2.08. The molecule has 0 bridgehead atoms. The first kappa shape index (κ1) is 22.2. The maximum atomic E-state index is 13.5. The molecule has 1 saturated heterocycles. The predicted octanol–water partition coefficient (Wildman–Crippen LogP) is 3.23. The second-order valence-electron chi connectivity index (χ2n) is 9.66. The maximum Gasteiger partial charge on any atom is 0.273 e. The second kappa shape index (κ2) is 8.48. The summed E-state index contributed by atoms with van der Waals surface area (Å²) in [6, 6.07) is 13.3. The summed E-state index contributed by atoms with van der Waals surface area (Å²) in [6.45, 7) is 6.83. The zero-order chi connectivity index (χ0) is 23.0. The van der Waals surface area contributed by atoms with E-state index in [1.165, 1.54) is 0 Å². The Morgan fingerprint density at radius 3 is 2.59 bits per heavy atom. The number of nitrogens with two attached hydrogens (primary N) is 2. The second-order valence-corrected chi connectivity index (χ2v) is 9.66. The number of piperidine rings is 1. The number of benzene rings is 1. The summed E-state index contributed by atoms with van der Waals surface area (Å²) in [6.07, 6.45) is 4.10. The molecule has 4 N–H and O–H groups in total. The fourth-order valence-electron chi connectivity index (χ4n) is 4.81. The minimum atomic E-state index is -0.408. The molecular weight excluding hydrogens is 400 g/mol. The third-order valence-electron chi connectivity index (χ3n) is 6.33. The highest BCUT2D eigenvalue weighted by Gasteiger charge is 2.42. The molecular formula is C25H32N6O. The topological polar surface area (TPSA) is 101 Å². The lowest BCUT2D eigenvalue weighted by atomic mass is 9.85. The van der Waals surface area contributed by atoms with Gasteiger partial charge in [-0.2, -0.15) is 0 Å². The normalized spacial score (nSPS) is 22.1. The molecule has 3 heterocycles. The van der Waals surface area contributed by atoms with Crippen molar-refractivity contribution >= 4 is 22.5 Å². The number of rotatable bonds is 3. The van der Waals surface area contributed by atoms with Crippen LogP contribution in [0.5, 0.6) is 0 Å². The zero-order valence-electron chi connectivity index (χ0n) is 19.2. The Balaban J connectivity index is 1.71. The van der Waals surface area contributed by atoms with Gasteiger partial charge in [-0.15, -0.1) is 0 Å². The lowest BCUT2D eigenvalue weighted by molar-refractivity contribution is 0.0119. The quantitative estimate of drug-likeness (QED) is 0.659. The molecule has 32 heavy (non-hydrogen) atoms. The van der Waals surface area contributed by atoms with Gasteiger partial charge in [-0.25, -0.2) is 0 Å². The number of likely N-dealkylation sites (tertiary alicyclic amines) is 1. The molecule has 0 saturated carbocycles. The minimum Gasteiger partial charge on any atom is -0.398 e. The van der Waals surface area contributed by atoms with Gasteiger partial charge in [0.25, 0.3) is 5.91 Å². The zero-order valence-corrected chi connectivity index (χ0v) is 19.2. The van der Waals surface area contributed by atoms with E-state index in [1.54, 1.807) is 18.5 Å². The first-order chi connectivity index (χ1) is 15.2. The van der Waals surface area contributed by atoms with Crippen LogP contribution in [-0.4, -0.2) is 56.9 Å². The Morgan fingerprint density at radius 1 is 1.12 bits per heavy atom. The van der Waals surface area contributed by atoms with E-state index in [4.69, 9.17) is 11.5 Å². The summed E-state index contributed by atoms with van der Waals surface area (Å²) in [5, 5.41) is 0.946. The lowest BCUT2D eigenvalue weighted by Gasteiger charge is -2.50. The van der Waals surface area contributed by atoms with Gasteiger partial charge in [0, 0.05) is 47.6 Å². The molecule has 1 fully saturated rings. The first-order valence-corrected chi connectivity index (χ1v) is 11.0. The van der Waals surface area contributed by atoms with E-state index in [9.17, 15) is 4.79 Å². The van der Waals surface area contributed by atoms with Crippen LogP contribution in [0.2, 0.25) is 0 Å². The summed E-state index contributed by atoms with van der Waals surface area (Å²) < 4.78 is 0. The third-order valence-corrected chi connectivity index (χ3v) is 6.33. The van der Waals surface area contributed by atoms with Crippen LogP contribution in [0.25, 0.3) is 10.9 Å². The van der Waals surface area contributed by atoms with Gasteiger partial charge < -0.3 is 16.4 Å². The molecule has 168 valence electrons. The molecule has 2 aromatic heterocycles. The van der Waals surface area contributed by atoms with Crippen molar-refractivity contribution in [1.82, 2.24) is 19.8 Å². The van der Waals surface area contributed by atoms with Crippen molar-refractivity contribution in [3.8, 4) is 0 Å². The van der Waals surface area contributed by atoms with Gasteiger partial charge in [-0.1, -0.05) is 12.1 Å². The van der Waals surface area contributed by atoms with E-state index in [0.717, 1.165) is 22.9 Å². The summed E-state index contributed by atoms with van der Waals surface area (Å²) >= 11 is 0. The number of carbonyl (C=O) groups is 1. The number of carbonyl (C=O) groups excluding carboxylic acids is 1. The standard InChI is InChI=1S/C25H32N6O/c1-25(2,3)31(24(32)21-7-5-6-11-28-21)23-14-22(30(4)15-19(23)27)16-8-9-20-17(13-16)18(26)10-12-29-20/h5-13,19,22-23H,14-15,27H2,1-4H3,(H2,26,29). The van der Waals surface area contributed by atoms with Crippen LogP contribution in [0.1, 0.15) is 49.3 Å². The summed E-state index contributed by atoms with van der Waals surface area (Å²) in [4.78, 5) is 26.5. The van der Waals surface area contributed by atoms with E-state index >= 15 is 0 Å². The van der Waals surface area contributed by atoms with E-state index < -0.39 is 5.54 Å². The highest BCUT2D eigenvalue weighted by Crippen LogP contribution is 2.36. The average Bonchev–Trinajstić information content (AvgIpc) is 2.75. The number of nitrogens with zero attached hydrogens (tertiary/aromatic N) is 4. The number of anilines is 1. The van der Waals surface area contributed by atoms with Crippen LogP contribution in [0.4, 0.5) is 5.69 Å². The Kier molecular flexibility index (Phi) is 5.88. The number of hydrogen-bond donors (Lipinski definition) is 2. The van der Waals surface area contributed by atoms with E-state index in [2.05, 4.69) is 54.8 Å². The first-order valence-electron chi connectivity index (χ1n) is 11.0. The van der Waals surface area contributed by atoms with Crippen molar-refractivity contribution in [2.75, 3.05) is 19.3 Å². The van der Waals surface area contributed by atoms with Crippen molar-refractivity contribution in [2.24, 2.45) is 5.73 Å². The molecule has 0 spiro atoms. The molecule has 1 aliphatic heterocycles. The lowest BCUT2D eigenvalue weighted by Crippen LogP contribution is -2.63.